The number of nitrogens with zero attached hydrogens (tertiary/aromatic N) is 3. The summed E-state index contributed by atoms with van der Waals surface area (Å²) >= 11 is 4.41. The molecule has 1 aromatic heterocycles. The van der Waals surface area contributed by atoms with Gasteiger partial charge in [0.1, 0.15) is 5.82 Å². The fourth-order valence-electron chi connectivity index (χ4n) is 1.84. The molecule has 0 radical (unpaired) electrons. The van der Waals surface area contributed by atoms with Crippen LogP contribution in [0.4, 0.5) is 10.1 Å². The van der Waals surface area contributed by atoms with Gasteiger partial charge in [-0.25, -0.2) is 14.0 Å². The van der Waals surface area contributed by atoms with Gasteiger partial charge >= 0.3 is 0 Å². The first-order chi connectivity index (χ1) is 11.9. The molecule has 1 unspecified atom stereocenters. The predicted octanol–water partition coefficient (Wildman–Crippen LogP) is 3.53. The van der Waals surface area contributed by atoms with Crippen molar-refractivity contribution >= 4 is 39.2 Å². The molecule has 0 saturated heterocycles. The van der Waals surface area contributed by atoms with Crippen molar-refractivity contribution in [3.63, 3.8) is 0 Å². The van der Waals surface area contributed by atoms with Crippen molar-refractivity contribution in [2.24, 2.45) is 10.9 Å². The summed E-state index contributed by atoms with van der Waals surface area (Å²) in [6, 6.07) is 4.17. The molecule has 0 saturated carbocycles. The molecule has 25 heavy (non-hydrogen) atoms. The van der Waals surface area contributed by atoms with Crippen molar-refractivity contribution in [3.05, 3.63) is 34.2 Å². The molecule has 2 aromatic rings. The number of halogens is 2. The van der Waals surface area contributed by atoms with E-state index in [4.69, 9.17) is 4.63 Å². The Morgan fingerprint density at radius 3 is 2.84 bits per heavy atom. The molecule has 0 bridgehead atoms. The third kappa shape index (κ3) is 5.50. The van der Waals surface area contributed by atoms with Crippen LogP contribution in [0.1, 0.15) is 26.0 Å². The molecule has 0 aliphatic rings. The highest BCUT2D eigenvalue weighted by Gasteiger charge is 2.18. The molecule has 0 spiro atoms. The minimum absolute atomic E-state index is 0.0201. The van der Waals surface area contributed by atoms with E-state index in [0.717, 1.165) is 0 Å². The number of hydrogen-bond donors (Lipinski definition) is 3. The lowest BCUT2D eigenvalue weighted by Crippen LogP contribution is -2.21. The molecule has 10 heteroatoms. The molecule has 0 fully saturated rings. The molecular weight excluding hydrogens is 415 g/mol. The molecule has 3 N–H and O–H groups in total. The summed E-state index contributed by atoms with van der Waals surface area (Å²) in [7, 11) is 0. The Balaban J connectivity index is 2.14. The number of aromatic nitrogens is 2. The minimum atomic E-state index is -0.416. The van der Waals surface area contributed by atoms with Gasteiger partial charge < -0.3 is 5.11 Å². The zero-order valence-electron chi connectivity index (χ0n) is 13.6. The van der Waals surface area contributed by atoms with E-state index in [-0.39, 0.29) is 21.9 Å². The molecule has 0 amide bonds. The second-order valence-corrected chi connectivity index (χ2v) is 7.48. The summed E-state index contributed by atoms with van der Waals surface area (Å²) in [4.78, 5) is 4.19. The highest BCUT2D eigenvalue weighted by Crippen LogP contribution is 2.25. The summed E-state index contributed by atoms with van der Waals surface area (Å²) in [6.07, 6.45) is 0.176. The maximum Gasteiger partial charge on any atom is 0.186 e. The Morgan fingerprint density at radius 1 is 1.44 bits per heavy atom. The number of aliphatic hydroxyl groups excluding tert-OH is 1. The lowest BCUT2D eigenvalue weighted by Gasteiger charge is -2.13. The number of aliphatic imine (C=N–C) groups is 1. The molecule has 1 atom stereocenters. The number of hydrogen-bond acceptors (Lipinski definition) is 7. The maximum atomic E-state index is 13.3. The van der Waals surface area contributed by atoms with Crippen molar-refractivity contribution in [1.82, 2.24) is 15.8 Å². The second kappa shape index (κ2) is 9.27. The first-order valence-corrected chi connectivity index (χ1v) is 9.28. The number of aliphatic hydroxyl groups is 1. The third-order valence-corrected chi connectivity index (χ3v) is 4.94. The zero-order valence-corrected chi connectivity index (χ0v) is 16.0. The summed E-state index contributed by atoms with van der Waals surface area (Å²) in [6.45, 7) is 3.89. The average molecular weight is 433 g/mol. The Hall–Kier alpha value is -1.49. The quantitative estimate of drug-likeness (QED) is 0.266. The van der Waals surface area contributed by atoms with E-state index < -0.39 is 11.9 Å². The topological polar surface area (TPSA) is 104 Å². The molecule has 1 aromatic carbocycles. The van der Waals surface area contributed by atoms with Crippen LogP contribution < -0.4 is 5.48 Å². The van der Waals surface area contributed by atoms with Gasteiger partial charge in [-0.05, 0) is 56.8 Å². The van der Waals surface area contributed by atoms with Gasteiger partial charge in [0.15, 0.2) is 16.6 Å². The van der Waals surface area contributed by atoms with Crippen LogP contribution in [0.2, 0.25) is 0 Å². The van der Waals surface area contributed by atoms with Crippen molar-refractivity contribution in [2.45, 2.75) is 31.4 Å². The number of hydroxylamine groups is 1. The minimum Gasteiger partial charge on any atom is -0.393 e. The van der Waals surface area contributed by atoms with E-state index in [2.05, 4.69) is 31.2 Å². The van der Waals surface area contributed by atoms with Gasteiger partial charge in [-0.2, -0.15) is 0 Å². The van der Waals surface area contributed by atoms with E-state index in [9.17, 15) is 14.7 Å². The average Bonchev–Trinajstić information content (AvgIpc) is 3.04. The van der Waals surface area contributed by atoms with Crippen molar-refractivity contribution < 1.29 is 19.3 Å². The third-order valence-electron chi connectivity index (χ3n) is 3.35. The fourth-order valence-corrected chi connectivity index (χ4v) is 3.12. The molecule has 136 valence electrons. The maximum absolute atomic E-state index is 13.3. The predicted molar refractivity (Wildman–Crippen MR) is 95.7 cm³/mol. The largest absolute Gasteiger partial charge is 0.393 e. The number of rotatable bonds is 7. The summed E-state index contributed by atoms with van der Waals surface area (Å²) in [5, 5.41) is 27.2. The Labute approximate surface area is 156 Å². The number of amidine groups is 1. The first-order valence-electron chi connectivity index (χ1n) is 7.50. The van der Waals surface area contributed by atoms with Gasteiger partial charge in [0.25, 0.3) is 0 Å². The standard InChI is InChI=1S/C15H18BrFN4O3S/c1-8(2)12(22)5-6-25-15-13(20-24-21-15)14(19-23)18-9-3-4-11(17)10(16)7-9/h3-4,7-8,12,22-23H,5-6H2,1-2H3,(H,18,19). The van der Waals surface area contributed by atoms with Crippen LogP contribution in [-0.4, -0.2) is 38.3 Å². The van der Waals surface area contributed by atoms with Crippen LogP contribution in [-0.2, 0) is 0 Å². The van der Waals surface area contributed by atoms with E-state index in [1.807, 2.05) is 19.3 Å². The van der Waals surface area contributed by atoms with E-state index in [0.29, 0.717) is 22.9 Å². The highest BCUT2D eigenvalue weighted by atomic mass is 79.9. The van der Waals surface area contributed by atoms with Gasteiger partial charge in [0.2, 0.25) is 0 Å². The smallest absolute Gasteiger partial charge is 0.186 e. The van der Waals surface area contributed by atoms with Gasteiger partial charge in [-0.3, -0.25) is 10.7 Å². The van der Waals surface area contributed by atoms with Gasteiger partial charge in [-0.15, -0.1) is 11.8 Å². The van der Waals surface area contributed by atoms with E-state index >= 15 is 0 Å². The van der Waals surface area contributed by atoms with E-state index in [1.54, 1.807) is 0 Å². The van der Waals surface area contributed by atoms with Crippen LogP contribution in [0.3, 0.4) is 0 Å². The number of benzene rings is 1. The molecule has 7 nitrogen and oxygen atoms in total. The number of thioether (sulfide) groups is 1. The first kappa shape index (κ1) is 19.8. The molecular formula is C15H18BrFN4O3S. The molecule has 0 aliphatic heterocycles. The highest BCUT2D eigenvalue weighted by molar-refractivity contribution is 9.10. The summed E-state index contributed by atoms with van der Waals surface area (Å²) < 4.78 is 18.3. The van der Waals surface area contributed by atoms with Gasteiger partial charge in [0.05, 0.1) is 16.3 Å². The molecule has 1 heterocycles. The monoisotopic (exact) mass is 432 g/mol. The second-order valence-electron chi connectivity index (χ2n) is 5.54. The normalized spacial score (nSPS) is 13.3. The molecule has 0 aliphatic carbocycles. The SMILES string of the molecule is CC(C)C(O)CCSc1nonc1C(=Nc1ccc(F)c(Br)c1)NO. The van der Waals surface area contributed by atoms with Crippen LogP contribution >= 0.6 is 27.7 Å². The van der Waals surface area contributed by atoms with Crippen LogP contribution in [0.5, 0.6) is 0 Å². The Morgan fingerprint density at radius 2 is 2.20 bits per heavy atom. The van der Waals surface area contributed by atoms with Crippen LogP contribution in [0, 0.1) is 11.7 Å². The summed E-state index contributed by atoms with van der Waals surface area (Å²) in [5.74, 6) is 0.373. The fraction of sp³-hybridized carbons (Fsp3) is 0.400. The number of nitrogens with one attached hydrogen (secondary N) is 1. The van der Waals surface area contributed by atoms with Crippen LogP contribution in [0.25, 0.3) is 0 Å². The van der Waals surface area contributed by atoms with E-state index in [1.165, 1.54) is 30.0 Å². The summed E-state index contributed by atoms with van der Waals surface area (Å²) in [5.41, 5.74) is 2.59. The zero-order chi connectivity index (χ0) is 18.4. The Kier molecular flexibility index (Phi) is 7.36. The molecule has 2 rings (SSSR count). The van der Waals surface area contributed by atoms with Crippen molar-refractivity contribution in [2.75, 3.05) is 5.75 Å². The lowest BCUT2D eigenvalue weighted by molar-refractivity contribution is 0.122. The van der Waals surface area contributed by atoms with Crippen molar-refractivity contribution in [3.8, 4) is 0 Å². The van der Waals surface area contributed by atoms with Gasteiger partial charge in [0, 0.05) is 5.75 Å². The van der Waals surface area contributed by atoms with Crippen molar-refractivity contribution in [1.29, 1.82) is 0 Å². The lowest BCUT2D eigenvalue weighted by atomic mass is 10.1. The van der Waals surface area contributed by atoms with Gasteiger partial charge in [-0.1, -0.05) is 13.8 Å². The van der Waals surface area contributed by atoms with Crippen LogP contribution in [0.15, 0.2) is 37.3 Å². The Bertz CT molecular complexity index is 741.